The first-order valence-corrected chi connectivity index (χ1v) is 16.8. The summed E-state index contributed by atoms with van der Waals surface area (Å²) in [7, 11) is 0. The van der Waals surface area contributed by atoms with Crippen LogP contribution in [-0.4, -0.2) is 88.9 Å². The molecule has 0 radical (unpaired) electrons. The lowest BCUT2D eigenvalue weighted by molar-refractivity contribution is -0.368. The van der Waals surface area contributed by atoms with E-state index in [1.54, 1.807) is 0 Å². The number of rotatable bonds is 18. The van der Waals surface area contributed by atoms with Crippen LogP contribution in [0, 0.1) is 5.92 Å². The number of carboxylic acid groups (broad SMARTS) is 1. The van der Waals surface area contributed by atoms with Gasteiger partial charge in [-0.05, 0) is 55.6 Å². The van der Waals surface area contributed by atoms with Gasteiger partial charge < -0.3 is 43.2 Å². The van der Waals surface area contributed by atoms with Crippen LogP contribution in [0.4, 0.5) is 0 Å². The first kappa shape index (κ1) is 36.5. The van der Waals surface area contributed by atoms with Gasteiger partial charge in [-0.1, -0.05) is 73.5 Å². The number of nitrogens with zero attached hydrogens (tertiary/aromatic N) is 1. The molecule has 13 nitrogen and oxygen atoms in total. The minimum atomic E-state index is -1.54. The number of nitrogens with two attached hydrogens (primary N) is 2. The van der Waals surface area contributed by atoms with Crippen molar-refractivity contribution in [2.75, 3.05) is 19.6 Å². The van der Waals surface area contributed by atoms with Crippen LogP contribution in [0.3, 0.4) is 0 Å². The van der Waals surface area contributed by atoms with Crippen molar-refractivity contribution in [3.05, 3.63) is 71.8 Å². The van der Waals surface area contributed by atoms with Crippen molar-refractivity contribution in [3.63, 3.8) is 0 Å². The Kier molecular flexibility index (Phi) is 13.1. The zero-order valence-corrected chi connectivity index (χ0v) is 27.4. The number of amides is 4. The number of carbonyl (C=O) groups is 5. The molecule has 13 heteroatoms. The fourth-order valence-electron chi connectivity index (χ4n) is 5.96. The molecule has 1 saturated heterocycles. The molecule has 260 valence electrons. The highest BCUT2D eigenvalue weighted by molar-refractivity contribution is 5.95. The summed E-state index contributed by atoms with van der Waals surface area (Å²) in [6, 6.07) is 14.8. The third kappa shape index (κ3) is 10.6. The molecule has 48 heavy (non-hydrogen) atoms. The number of benzene rings is 2. The third-order valence-electron chi connectivity index (χ3n) is 9.10. The molecular weight excluding hydrogens is 614 g/mol. The van der Waals surface area contributed by atoms with Gasteiger partial charge in [0.1, 0.15) is 23.7 Å². The summed E-state index contributed by atoms with van der Waals surface area (Å²) in [6.45, 7) is 0.671. The van der Waals surface area contributed by atoms with Crippen molar-refractivity contribution in [3.8, 4) is 0 Å². The van der Waals surface area contributed by atoms with Gasteiger partial charge in [0.25, 0.3) is 0 Å². The quantitative estimate of drug-likeness (QED) is 0.102. The smallest absolute Gasteiger partial charge is 0.325 e. The summed E-state index contributed by atoms with van der Waals surface area (Å²) < 4.78 is 0. The summed E-state index contributed by atoms with van der Waals surface area (Å²) >= 11 is 0. The number of hydrogen-bond acceptors (Lipinski definition) is 7. The highest BCUT2D eigenvalue weighted by Gasteiger charge is 2.44. The normalized spacial score (nSPS) is 19.9. The maximum Gasteiger partial charge on any atom is 0.325 e. The van der Waals surface area contributed by atoms with E-state index in [0.29, 0.717) is 25.8 Å². The topological polar surface area (TPSA) is 225 Å². The van der Waals surface area contributed by atoms with Crippen LogP contribution < -0.4 is 33.2 Å². The Hall–Kier alpha value is -4.33. The summed E-state index contributed by atoms with van der Waals surface area (Å²) in [5.74, 6) is -2.87. The first-order chi connectivity index (χ1) is 23.0. The lowest BCUT2D eigenvalue weighted by atomic mass is 10.0. The van der Waals surface area contributed by atoms with Crippen LogP contribution in [0.25, 0.3) is 0 Å². The third-order valence-corrected chi connectivity index (χ3v) is 9.10. The number of carbonyl (C=O) groups excluding carboxylic acids is 4. The van der Waals surface area contributed by atoms with Crippen LogP contribution in [0.5, 0.6) is 0 Å². The van der Waals surface area contributed by atoms with Crippen LogP contribution in [0.1, 0.15) is 56.1 Å². The number of quaternary nitrogens is 1. The zero-order valence-electron chi connectivity index (χ0n) is 27.4. The maximum atomic E-state index is 13.9. The molecule has 1 saturated carbocycles. The zero-order chi connectivity index (χ0) is 34.7. The minimum absolute atomic E-state index is 0.109. The Morgan fingerprint density at radius 3 is 1.96 bits per heavy atom. The Balaban J connectivity index is 1.48. The second-order valence-corrected chi connectivity index (χ2v) is 13.2. The summed E-state index contributed by atoms with van der Waals surface area (Å²) in [5.41, 5.74) is 16.3. The minimum Gasteiger partial charge on any atom is -0.480 e. The molecule has 5 atom stereocenters. The molecule has 1 aliphatic carbocycles. The van der Waals surface area contributed by atoms with E-state index in [2.05, 4.69) is 21.7 Å². The Morgan fingerprint density at radius 2 is 1.40 bits per heavy atom. The summed E-state index contributed by atoms with van der Waals surface area (Å²) in [5, 5.41) is 18.1. The first-order valence-electron chi connectivity index (χ1n) is 16.8. The largest absolute Gasteiger partial charge is 0.480 e. The average Bonchev–Trinajstić information content (AvgIpc) is 3.81. The molecule has 2 aromatic carbocycles. The Bertz CT molecular complexity index is 1410. The molecule has 1 heterocycles. The van der Waals surface area contributed by atoms with E-state index in [4.69, 9.17) is 11.5 Å². The number of carboxylic acids is 1. The van der Waals surface area contributed by atoms with E-state index in [9.17, 15) is 29.1 Å². The van der Waals surface area contributed by atoms with Crippen LogP contribution in [0.2, 0.25) is 0 Å². The number of unbranched alkanes of at least 4 members (excludes halogenated alkanes) is 1. The molecule has 11 N–H and O–H groups in total. The fraction of sp³-hybridized carbons (Fsp3) is 0.514. The fourth-order valence-corrected chi connectivity index (χ4v) is 5.96. The average molecular weight is 665 g/mol. The van der Waals surface area contributed by atoms with E-state index >= 15 is 0 Å². The number of likely N-dealkylation sites (tertiary alicyclic amines) is 1. The van der Waals surface area contributed by atoms with Crippen LogP contribution in [0.15, 0.2) is 60.7 Å². The van der Waals surface area contributed by atoms with E-state index in [1.807, 2.05) is 60.7 Å². The number of aliphatic carboxylic acids is 1. The van der Waals surface area contributed by atoms with Crippen LogP contribution >= 0.6 is 0 Å². The molecule has 1 unspecified atom stereocenters. The molecule has 4 rings (SSSR count). The monoisotopic (exact) mass is 664 g/mol. The lowest BCUT2D eigenvalue weighted by Crippen LogP contribution is -2.59. The highest BCUT2D eigenvalue weighted by Crippen LogP contribution is 2.33. The second-order valence-electron chi connectivity index (χ2n) is 13.2. The molecule has 4 amide bonds. The second kappa shape index (κ2) is 17.2. The lowest BCUT2D eigenvalue weighted by Gasteiger charge is -2.28. The summed E-state index contributed by atoms with van der Waals surface area (Å²) in [4.78, 5) is 67.6. The van der Waals surface area contributed by atoms with Crippen molar-refractivity contribution in [1.82, 2.24) is 20.9 Å². The van der Waals surface area contributed by atoms with Gasteiger partial charge in [-0.25, -0.2) is 0 Å². The predicted molar refractivity (Wildman–Crippen MR) is 179 cm³/mol. The van der Waals surface area contributed by atoms with Gasteiger partial charge in [0.2, 0.25) is 23.6 Å². The highest BCUT2D eigenvalue weighted by atomic mass is 16.4. The van der Waals surface area contributed by atoms with Gasteiger partial charge in [0.15, 0.2) is 0 Å². The summed E-state index contributed by atoms with van der Waals surface area (Å²) in [6.07, 6.45) is 4.49. The predicted octanol–water partition coefficient (Wildman–Crippen LogP) is -0.520. The molecule has 0 bridgehead atoms. The standard InChI is InChI=1S/C35H49N7O6/c36-17-8-7-13-27(33(46)42-18-16-35(38,22-42)34(47)48)39-31(44)29(21-25-14-15-25)41-32(45)28(20-24-11-5-2-6-12-24)40-30(43)26(37)19-23-9-3-1-4-10-23/h1-6,9-12,25-29H,7-8,13-22,36-38H2,(H,39,44)(H,40,43)(H,41,45)(H,47,48)/p+1/t26-,27-,28-,29-,35?/m1/s1. The Morgan fingerprint density at radius 1 is 0.833 bits per heavy atom. The van der Waals surface area contributed by atoms with Gasteiger partial charge in [-0.3, -0.25) is 24.0 Å². The molecule has 1 aliphatic heterocycles. The van der Waals surface area contributed by atoms with Gasteiger partial charge in [-0.15, -0.1) is 0 Å². The van der Waals surface area contributed by atoms with E-state index in [0.717, 1.165) is 30.4 Å². The van der Waals surface area contributed by atoms with Gasteiger partial charge in [0.05, 0.1) is 12.6 Å². The molecule has 0 spiro atoms. The van der Waals surface area contributed by atoms with Gasteiger partial charge in [0, 0.05) is 19.5 Å². The van der Waals surface area contributed by atoms with Gasteiger partial charge in [-0.2, -0.15) is 0 Å². The molecular formula is C35H50N7O6+. The molecule has 2 fully saturated rings. The van der Waals surface area contributed by atoms with E-state index in [-0.39, 0.29) is 38.3 Å². The van der Waals surface area contributed by atoms with E-state index < -0.39 is 59.3 Å². The van der Waals surface area contributed by atoms with Crippen molar-refractivity contribution < 1.29 is 34.8 Å². The van der Waals surface area contributed by atoms with Crippen molar-refractivity contribution in [1.29, 1.82) is 0 Å². The number of hydrogen-bond donors (Lipinski definition) is 7. The number of nitrogens with one attached hydrogen (secondary N) is 3. The molecule has 0 aromatic heterocycles. The van der Waals surface area contributed by atoms with Gasteiger partial charge >= 0.3 is 5.97 Å². The van der Waals surface area contributed by atoms with Crippen molar-refractivity contribution in [2.45, 2.75) is 87.5 Å². The molecule has 2 aromatic rings. The SMILES string of the molecule is N[C@H](Cc1ccccc1)C(=O)N[C@H](Cc1ccccc1)C(=O)N[C@H](CC1CC1)C(=O)N[C@H](CCCC[NH3+])C(=O)N1CCC(N)(C(=O)O)C1. The Labute approximate surface area is 281 Å². The van der Waals surface area contributed by atoms with E-state index in [1.165, 1.54) is 4.90 Å². The van der Waals surface area contributed by atoms with Crippen LogP contribution in [-0.2, 0) is 36.8 Å². The maximum absolute atomic E-state index is 13.9. The van der Waals surface area contributed by atoms with Crippen molar-refractivity contribution in [2.24, 2.45) is 17.4 Å². The van der Waals surface area contributed by atoms with Crippen molar-refractivity contribution >= 4 is 29.6 Å². The molecule has 2 aliphatic rings.